The predicted molar refractivity (Wildman–Crippen MR) is 39.9 cm³/mol. The number of hydrogen-bond acceptors (Lipinski definition) is 4. The quantitative estimate of drug-likeness (QED) is 0.612. The van der Waals surface area contributed by atoms with Crippen LogP contribution in [0.25, 0.3) is 0 Å². The summed E-state index contributed by atoms with van der Waals surface area (Å²) >= 11 is 1.46. The highest BCUT2D eigenvalue weighted by molar-refractivity contribution is 7.08. The summed E-state index contributed by atoms with van der Waals surface area (Å²) in [5.74, 6) is 0.528. The Morgan fingerprint density at radius 3 is 2.60 bits per heavy atom. The monoisotopic (exact) mass is 158 g/mol. The smallest absolute Gasteiger partial charge is 0.511 e. The zero-order valence-corrected chi connectivity index (χ0v) is 6.26. The molecule has 3 nitrogen and oxygen atoms in total. The van der Waals surface area contributed by atoms with E-state index in [9.17, 15) is 0 Å². The van der Waals surface area contributed by atoms with E-state index in [0.717, 1.165) is 5.56 Å². The Hall–Kier alpha value is -0.515. The summed E-state index contributed by atoms with van der Waals surface area (Å²) in [7, 11) is -1.71. The van der Waals surface area contributed by atoms with Gasteiger partial charge in [0, 0.05) is 10.9 Å². The Labute approximate surface area is 63.1 Å². The molecule has 54 valence electrons. The van der Waals surface area contributed by atoms with Crippen molar-refractivity contribution in [2.45, 2.75) is 6.92 Å². The summed E-state index contributed by atoms with van der Waals surface area (Å²) < 4.78 is 4.61. The third-order valence-corrected chi connectivity index (χ3v) is 1.88. The molecule has 0 aromatic carbocycles. The summed E-state index contributed by atoms with van der Waals surface area (Å²) in [5, 5.41) is 20.4. The van der Waals surface area contributed by atoms with Gasteiger partial charge in [-0.1, -0.05) is 0 Å². The van der Waals surface area contributed by atoms with Crippen molar-refractivity contribution in [3.8, 4) is 5.75 Å². The third-order valence-electron chi connectivity index (χ3n) is 1.04. The molecule has 1 aromatic heterocycles. The van der Waals surface area contributed by atoms with E-state index in [1.54, 1.807) is 5.38 Å². The Balaban J connectivity index is 2.65. The van der Waals surface area contributed by atoms with E-state index in [1.807, 2.05) is 12.3 Å². The molecule has 0 aliphatic rings. The topological polar surface area (TPSA) is 49.7 Å². The first kappa shape index (κ1) is 7.59. The van der Waals surface area contributed by atoms with Gasteiger partial charge in [0.25, 0.3) is 0 Å². The highest BCUT2D eigenvalue weighted by Crippen LogP contribution is 2.21. The van der Waals surface area contributed by atoms with Crippen LogP contribution in [0.15, 0.2) is 10.8 Å². The minimum atomic E-state index is -1.71. The van der Waals surface area contributed by atoms with Gasteiger partial charge in [-0.25, -0.2) is 0 Å². The second-order valence-electron chi connectivity index (χ2n) is 1.86. The lowest BCUT2D eigenvalue weighted by Gasteiger charge is -2.01. The van der Waals surface area contributed by atoms with Crippen molar-refractivity contribution in [1.29, 1.82) is 0 Å². The number of thiophene rings is 1. The molecule has 0 saturated carbocycles. The lowest BCUT2D eigenvalue weighted by atomic mass is 10.2. The standard InChI is InChI=1S/C5H7BO3S/c1-4-2-10-3-5(4)9-6(7)8/h2-3,7-8H,1H3. The largest absolute Gasteiger partial charge is 0.707 e. The summed E-state index contributed by atoms with van der Waals surface area (Å²) in [5.41, 5.74) is 0.915. The van der Waals surface area contributed by atoms with Gasteiger partial charge in [0.2, 0.25) is 0 Å². The van der Waals surface area contributed by atoms with Crippen molar-refractivity contribution in [3.63, 3.8) is 0 Å². The lowest BCUT2D eigenvalue weighted by Crippen LogP contribution is -2.20. The highest BCUT2D eigenvalue weighted by Gasteiger charge is 2.12. The Morgan fingerprint density at radius 2 is 2.20 bits per heavy atom. The maximum atomic E-state index is 8.39. The maximum absolute atomic E-state index is 8.39. The molecular formula is C5H7BO3S. The van der Waals surface area contributed by atoms with Crippen LogP contribution in [0.5, 0.6) is 5.75 Å². The van der Waals surface area contributed by atoms with E-state index in [2.05, 4.69) is 4.65 Å². The van der Waals surface area contributed by atoms with Crippen LogP contribution in [0.2, 0.25) is 0 Å². The van der Waals surface area contributed by atoms with E-state index in [1.165, 1.54) is 11.3 Å². The first-order chi connectivity index (χ1) is 4.70. The molecule has 0 spiro atoms. The molecule has 0 saturated heterocycles. The van der Waals surface area contributed by atoms with Gasteiger partial charge in [-0.3, -0.25) is 0 Å². The van der Waals surface area contributed by atoms with Crippen LogP contribution in [0, 0.1) is 6.92 Å². The molecule has 0 aliphatic carbocycles. The molecule has 0 aliphatic heterocycles. The second kappa shape index (κ2) is 3.05. The molecule has 0 amide bonds. The fourth-order valence-corrected chi connectivity index (χ4v) is 1.34. The molecule has 0 atom stereocenters. The molecule has 0 fully saturated rings. The van der Waals surface area contributed by atoms with Crippen LogP contribution in [-0.2, 0) is 0 Å². The average Bonchev–Trinajstić information content (AvgIpc) is 2.15. The molecular weight excluding hydrogens is 151 g/mol. The molecule has 0 radical (unpaired) electrons. The normalized spacial score (nSPS) is 9.50. The van der Waals surface area contributed by atoms with Crippen LogP contribution < -0.4 is 4.65 Å². The van der Waals surface area contributed by atoms with E-state index >= 15 is 0 Å². The SMILES string of the molecule is Cc1cscc1OB(O)O. The van der Waals surface area contributed by atoms with Crippen molar-refractivity contribution >= 4 is 18.7 Å². The molecule has 1 aromatic rings. The van der Waals surface area contributed by atoms with Crippen LogP contribution in [0.4, 0.5) is 0 Å². The van der Waals surface area contributed by atoms with Gasteiger partial charge in [-0.15, -0.1) is 11.3 Å². The fourth-order valence-electron chi connectivity index (χ4n) is 0.583. The lowest BCUT2D eigenvalue weighted by molar-refractivity contribution is 0.288. The molecule has 1 heterocycles. The van der Waals surface area contributed by atoms with Crippen LogP contribution >= 0.6 is 11.3 Å². The number of hydrogen-bond donors (Lipinski definition) is 2. The summed E-state index contributed by atoms with van der Waals surface area (Å²) in [6, 6.07) is 0. The minimum Gasteiger partial charge on any atom is -0.511 e. The van der Waals surface area contributed by atoms with E-state index in [0.29, 0.717) is 5.75 Å². The average molecular weight is 158 g/mol. The second-order valence-corrected chi connectivity index (χ2v) is 2.61. The minimum absolute atomic E-state index is 0.528. The van der Waals surface area contributed by atoms with Gasteiger partial charge in [-0.05, 0) is 12.3 Å². The molecule has 2 N–H and O–H groups in total. The zero-order chi connectivity index (χ0) is 7.56. The maximum Gasteiger partial charge on any atom is 0.707 e. The van der Waals surface area contributed by atoms with Crippen molar-refractivity contribution in [2.24, 2.45) is 0 Å². The molecule has 0 unspecified atom stereocenters. The van der Waals surface area contributed by atoms with E-state index < -0.39 is 7.32 Å². The fraction of sp³-hybridized carbons (Fsp3) is 0.200. The number of rotatable bonds is 2. The molecule has 5 heteroatoms. The summed E-state index contributed by atoms with van der Waals surface area (Å²) in [6.07, 6.45) is 0. The zero-order valence-electron chi connectivity index (χ0n) is 5.44. The Bertz CT molecular complexity index is 210. The van der Waals surface area contributed by atoms with Gasteiger partial charge >= 0.3 is 7.32 Å². The summed E-state index contributed by atoms with van der Waals surface area (Å²) in [6.45, 7) is 1.84. The predicted octanol–water partition coefficient (Wildman–Crippen LogP) is 0.405. The Kier molecular flexibility index (Phi) is 2.31. The van der Waals surface area contributed by atoms with Crippen molar-refractivity contribution in [1.82, 2.24) is 0 Å². The van der Waals surface area contributed by atoms with Gasteiger partial charge < -0.3 is 14.7 Å². The first-order valence-electron chi connectivity index (χ1n) is 2.75. The first-order valence-corrected chi connectivity index (χ1v) is 3.70. The van der Waals surface area contributed by atoms with Gasteiger partial charge in [0.05, 0.1) is 0 Å². The van der Waals surface area contributed by atoms with Crippen LogP contribution in [-0.4, -0.2) is 17.4 Å². The van der Waals surface area contributed by atoms with Gasteiger partial charge in [0.1, 0.15) is 5.75 Å². The Morgan fingerprint density at radius 1 is 1.50 bits per heavy atom. The van der Waals surface area contributed by atoms with Crippen molar-refractivity contribution in [2.75, 3.05) is 0 Å². The van der Waals surface area contributed by atoms with Gasteiger partial charge in [-0.2, -0.15) is 0 Å². The van der Waals surface area contributed by atoms with Crippen molar-refractivity contribution < 1.29 is 14.7 Å². The molecule has 0 bridgehead atoms. The van der Waals surface area contributed by atoms with Gasteiger partial charge in [0.15, 0.2) is 0 Å². The third kappa shape index (κ3) is 1.73. The van der Waals surface area contributed by atoms with E-state index in [4.69, 9.17) is 10.0 Å². The number of aryl methyl sites for hydroxylation is 1. The van der Waals surface area contributed by atoms with Crippen molar-refractivity contribution in [3.05, 3.63) is 16.3 Å². The molecule has 1 rings (SSSR count). The molecule has 10 heavy (non-hydrogen) atoms. The van der Waals surface area contributed by atoms with Crippen LogP contribution in [0.1, 0.15) is 5.56 Å². The van der Waals surface area contributed by atoms with E-state index in [-0.39, 0.29) is 0 Å². The van der Waals surface area contributed by atoms with Crippen LogP contribution in [0.3, 0.4) is 0 Å². The summed E-state index contributed by atoms with van der Waals surface area (Å²) in [4.78, 5) is 0. The highest BCUT2D eigenvalue weighted by atomic mass is 32.1.